The molecule has 0 spiro atoms. The molecule has 3 amide bonds. The number of nitrogens with one attached hydrogen (secondary N) is 1. The first kappa shape index (κ1) is 24.7. The zero-order valence-electron chi connectivity index (χ0n) is 19.5. The minimum Gasteiger partial charge on any atom is -0.497 e. The molecule has 2 heterocycles. The van der Waals surface area contributed by atoms with E-state index < -0.39 is 0 Å². The Balaban J connectivity index is 1.58. The van der Waals surface area contributed by atoms with Gasteiger partial charge in [0.1, 0.15) is 12.3 Å². The highest BCUT2D eigenvalue weighted by Crippen LogP contribution is 2.18. The lowest BCUT2D eigenvalue weighted by molar-refractivity contribution is -0.131. The van der Waals surface area contributed by atoms with E-state index >= 15 is 0 Å². The van der Waals surface area contributed by atoms with Gasteiger partial charge in [0.2, 0.25) is 11.8 Å². The summed E-state index contributed by atoms with van der Waals surface area (Å²) in [7, 11) is 1.57. The van der Waals surface area contributed by atoms with Crippen LogP contribution in [0.1, 0.15) is 49.2 Å². The number of amides is 3. The number of nitrogens with zero attached hydrogens (tertiary/aromatic N) is 3. The molecule has 0 aliphatic carbocycles. The van der Waals surface area contributed by atoms with Crippen LogP contribution >= 0.6 is 11.3 Å². The number of hydrogen-bond acceptors (Lipinski definition) is 6. The lowest BCUT2D eigenvalue weighted by Gasteiger charge is -2.26. The summed E-state index contributed by atoms with van der Waals surface area (Å²) in [5, 5.41) is 5.00. The molecular formula is C24H32N4O4S. The molecule has 8 nitrogen and oxygen atoms in total. The molecule has 0 bridgehead atoms. The summed E-state index contributed by atoms with van der Waals surface area (Å²) in [6.45, 7) is 5.98. The fourth-order valence-electron chi connectivity index (χ4n) is 3.76. The second kappa shape index (κ2) is 11.8. The normalized spacial score (nSPS) is 13.6. The maximum Gasteiger partial charge on any atom is 0.254 e. The monoisotopic (exact) mass is 472 g/mol. The number of aromatic nitrogens is 1. The second-order valence-corrected chi connectivity index (χ2v) is 9.48. The van der Waals surface area contributed by atoms with Crippen LogP contribution in [0.3, 0.4) is 0 Å². The average Bonchev–Trinajstić information content (AvgIpc) is 3.24. The minimum atomic E-state index is -0.319. The highest BCUT2D eigenvalue weighted by atomic mass is 32.1. The van der Waals surface area contributed by atoms with E-state index in [2.05, 4.69) is 10.3 Å². The van der Waals surface area contributed by atoms with Crippen molar-refractivity contribution in [2.24, 2.45) is 5.92 Å². The second-order valence-electron chi connectivity index (χ2n) is 8.62. The standard InChI is InChI=1S/C24H32N4O4S/c1-17(2)14-28(23(31)18-7-9-20(32-3)10-8-18)15-21(29)26-24-25-19(16-33-24)13-22(30)27-11-5-4-6-12-27/h7-10,16-17H,4-6,11-15H2,1-3H3,(H,25,26,29). The van der Waals surface area contributed by atoms with Crippen molar-refractivity contribution in [3.8, 4) is 5.75 Å². The van der Waals surface area contributed by atoms with Crippen molar-refractivity contribution >= 4 is 34.2 Å². The van der Waals surface area contributed by atoms with Gasteiger partial charge in [0.15, 0.2) is 5.13 Å². The summed E-state index contributed by atoms with van der Waals surface area (Å²) in [5.41, 5.74) is 1.15. The van der Waals surface area contributed by atoms with Gasteiger partial charge in [-0.2, -0.15) is 0 Å². The van der Waals surface area contributed by atoms with E-state index in [0.29, 0.717) is 28.7 Å². The number of methoxy groups -OCH3 is 1. The molecule has 0 unspecified atom stereocenters. The molecule has 0 radical (unpaired) electrons. The highest BCUT2D eigenvalue weighted by molar-refractivity contribution is 7.13. The van der Waals surface area contributed by atoms with Gasteiger partial charge in [0.25, 0.3) is 5.91 Å². The molecule has 1 saturated heterocycles. The average molecular weight is 473 g/mol. The molecule has 1 aliphatic heterocycles. The summed E-state index contributed by atoms with van der Waals surface area (Å²) in [5.74, 6) is 0.408. The largest absolute Gasteiger partial charge is 0.497 e. The molecular weight excluding hydrogens is 440 g/mol. The quantitative estimate of drug-likeness (QED) is 0.604. The van der Waals surface area contributed by atoms with Crippen LogP contribution in [0, 0.1) is 5.92 Å². The van der Waals surface area contributed by atoms with Gasteiger partial charge >= 0.3 is 0 Å². The van der Waals surface area contributed by atoms with Crippen LogP contribution in [0.5, 0.6) is 5.75 Å². The maximum absolute atomic E-state index is 13.0. The molecule has 1 aromatic carbocycles. The number of carbonyl (C=O) groups excluding carboxylic acids is 3. The smallest absolute Gasteiger partial charge is 0.254 e. The molecule has 9 heteroatoms. The van der Waals surface area contributed by atoms with E-state index in [4.69, 9.17) is 4.74 Å². The van der Waals surface area contributed by atoms with Crippen molar-refractivity contribution < 1.29 is 19.1 Å². The zero-order valence-corrected chi connectivity index (χ0v) is 20.3. The first-order valence-corrected chi connectivity index (χ1v) is 12.2. The Hall–Kier alpha value is -2.94. The van der Waals surface area contributed by atoms with E-state index in [1.54, 1.807) is 36.8 Å². The molecule has 33 heavy (non-hydrogen) atoms. The summed E-state index contributed by atoms with van der Waals surface area (Å²) < 4.78 is 5.15. The molecule has 0 atom stereocenters. The van der Waals surface area contributed by atoms with Crippen molar-refractivity contribution in [1.82, 2.24) is 14.8 Å². The Morgan fingerprint density at radius 1 is 1.15 bits per heavy atom. The predicted molar refractivity (Wildman–Crippen MR) is 129 cm³/mol. The van der Waals surface area contributed by atoms with E-state index in [9.17, 15) is 14.4 Å². The van der Waals surface area contributed by atoms with Crippen LogP contribution in [-0.4, -0.2) is 65.8 Å². The van der Waals surface area contributed by atoms with Gasteiger partial charge in [-0.05, 0) is 49.4 Å². The third-order valence-corrected chi connectivity index (χ3v) is 6.19. The Labute approximate surface area is 198 Å². The van der Waals surface area contributed by atoms with Gasteiger partial charge in [-0.25, -0.2) is 4.98 Å². The number of benzene rings is 1. The third-order valence-electron chi connectivity index (χ3n) is 5.38. The van der Waals surface area contributed by atoms with Crippen molar-refractivity contribution in [3.63, 3.8) is 0 Å². The summed E-state index contributed by atoms with van der Waals surface area (Å²) in [6.07, 6.45) is 3.51. The van der Waals surface area contributed by atoms with Crippen LogP contribution in [0.4, 0.5) is 5.13 Å². The van der Waals surface area contributed by atoms with Crippen LogP contribution in [-0.2, 0) is 16.0 Å². The molecule has 0 saturated carbocycles. The van der Waals surface area contributed by atoms with Gasteiger partial charge < -0.3 is 19.9 Å². The van der Waals surface area contributed by atoms with Crippen molar-refractivity contribution in [1.29, 1.82) is 0 Å². The molecule has 3 rings (SSSR count). The fourth-order valence-corrected chi connectivity index (χ4v) is 4.49. The number of carbonyl (C=O) groups is 3. The number of piperidine rings is 1. The SMILES string of the molecule is COc1ccc(C(=O)N(CC(=O)Nc2nc(CC(=O)N3CCCCC3)cs2)CC(C)C)cc1. The van der Waals surface area contributed by atoms with Gasteiger partial charge in [0, 0.05) is 30.6 Å². The van der Waals surface area contributed by atoms with Gasteiger partial charge in [-0.1, -0.05) is 13.8 Å². The number of likely N-dealkylation sites (tertiary alicyclic amines) is 1. The molecule has 1 aliphatic rings. The van der Waals surface area contributed by atoms with Crippen LogP contribution in [0.25, 0.3) is 0 Å². The van der Waals surface area contributed by atoms with Crippen molar-refractivity contribution in [3.05, 3.63) is 40.9 Å². The number of ether oxygens (including phenoxy) is 1. The minimum absolute atomic E-state index is 0.0751. The van der Waals surface area contributed by atoms with Crippen LogP contribution in [0.15, 0.2) is 29.6 Å². The molecule has 178 valence electrons. The topological polar surface area (TPSA) is 91.8 Å². The van der Waals surface area contributed by atoms with E-state index in [1.165, 1.54) is 22.7 Å². The zero-order chi connectivity index (χ0) is 23.8. The molecule has 1 fully saturated rings. The number of anilines is 1. The Morgan fingerprint density at radius 3 is 2.48 bits per heavy atom. The molecule has 2 aromatic rings. The van der Waals surface area contributed by atoms with Crippen molar-refractivity contribution in [2.75, 3.05) is 38.6 Å². The predicted octanol–water partition coefficient (Wildman–Crippen LogP) is 3.44. The number of hydrogen-bond donors (Lipinski definition) is 1. The van der Waals surface area contributed by atoms with Gasteiger partial charge in [-0.15, -0.1) is 11.3 Å². The van der Waals surface area contributed by atoms with E-state index in [-0.39, 0.29) is 36.6 Å². The molecule has 1 N–H and O–H groups in total. The highest BCUT2D eigenvalue weighted by Gasteiger charge is 2.22. The van der Waals surface area contributed by atoms with Gasteiger partial charge in [-0.3, -0.25) is 14.4 Å². The molecule has 1 aromatic heterocycles. The summed E-state index contributed by atoms with van der Waals surface area (Å²) in [4.78, 5) is 45.9. The maximum atomic E-state index is 13.0. The third kappa shape index (κ3) is 7.28. The van der Waals surface area contributed by atoms with Gasteiger partial charge in [0.05, 0.1) is 19.2 Å². The van der Waals surface area contributed by atoms with Crippen LogP contribution in [0.2, 0.25) is 0 Å². The first-order chi connectivity index (χ1) is 15.9. The van der Waals surface area contributed by atoms with E-state index in [1.807, 2.05) is 18.7 Å². The lowest BCUT2D eigenvalue weighted by atomic mass is 10.1. The Morgan fingerprint density at radius 2 is 1.85 bits per heavy atom. The number of rotatable bonds is 9. The van der Waals surface area contributed by atoms with Crippen LogP contribution < -0.4 is 10.1 Å². The van der Waals surface area contributed by atoms with E-state index in [0.717, 1.165) is 25.9 Å². The summed E-state index contributed by atoms with van der Waals surface area (Å²) >= 11 is 1.29. The number of thiazole rings is 1. The first-order valence-electron chi connectivity index (χ1n) is 11.3. The Kier molecular flexibility index (Phi) is 8.82. The summed E-state index contributed by atoms with van der Waals surface area (Å²) in [6, 6.07) is 6.84. The van der Waals surface area contributed by atoms with Crippen molar-refractivity contribution in [2.45, 2.75) is 39.5 Å². The fraction of sp³-hybridized carbons (Fsp3) is 0.500. The Bertz CT molecular complexity index is 952. The lowest BCUT2D eigenvalue weighted by Crippen LogP contribution is -2.40.